The van der Waals surface area contributed by atoms with Crippen LogP contribution in [0.5, 0.6) is 5.75 Å². The summed E-state index contributed by atoms with van der Waals surface area (Å²) in [4.78, 5) is 16.3. The van der Waals surface area contributed by atoms with Gasteiger partial charge in [0, 0.05) is 5.69 Å². The fraction of sp³-hybridized carbons (Fsp3) is 0.250. The van der Waals surface area contributed by atoms with E-state index in [9.17, 15) is 4.79 Å². The molecule has 3 N–H and O–H groups in total. The van der Waals surface area contributed by atoms with Crippen LogP contribution in [0.1, 0.15) is 21.7 Å². The normalized spacial score (nSPS) is 10.2. The van der Waals surface area contributed by atoms with Gasteiger partial charge in [-0.1, -0.05) is 12.1 Å². The van der Waals surface area contributed by atoms with Gasteiger partial charge in [0.05, 0.1) is 23.5 Å². The Hall–Kier alpha value is -2.56. The van der Waals surface area contributed by atoms with E-state index in [1.807, 2.05) is 32.0 Å². The molecule has 1 amide bonds. The molecule has 0 radical (unpaired) electrons. The molecule has 2 aromatic rings. The van der Waals surface area contributed by atoms with Crippen LogP contribution >= 0.6 is 0 Å². The minimum absolute atomic E-state index is 0.148. The van der Waals surface area contributed by atoms with Crippen LogP contribution in [-0.2, 0) is 0 Å². The number of nitrogen functional groups attached to an aromatic ring is 1. The number of benzene rings is 1. The zero-order valence-electron chi connectivity index (χ0n) is 12.2. The van der Waals surface area contributed by atoms with E-state index in [-0.39, 0.29) is 5.91 Å². The first-order valence-corrected chi connectivity index (χ1v) is 6.77. The van der Waals surface area contributed by atoms with E-state index in [2.05, 4.69) is 10.3 Å². The number of amides is 1. The van der Waals surface area contributed by atoms with Crippen LogP contribution in [0.25, 0.3) is 0 Å². The Bertz CT molecular complexity index is 641. The average molecular weight is 285 g/mol. The predicted molar refractivity (Wildman–Crippen MR) is 82.4 cm³/mol. The van der Waals surface area contributed by atoms with Gasteiger partial charge in [-0.15, -0.1) is 0 Å². The highest BCUT2D eigenvalue weighted by Gasteiger charge is 2.09. The Morgan fingerprint density at radius 2 is 2.00 bits per heavy atom. The molecule has 0 unspecified atom stereocenters. The van der Waals surface area contributed by atoms with Gasteiger partial charge in [0.15, 0.2) is 0 Å². The number of hydrogen-bond acceptors (Lipinski definition) is 4. The number of ether oxygens (including phenoxy) is 1. The number of para-hydroxylation sites is 2. The van der Waals surface area contributed by atoms with Gasteiger partial charge in [0.2, 0.25) is 0 Å². The Morgan fingerprint density at radius 1 is 1.24 bits per heavy atom. The summed E-state index contributed by atoms with van der Waals surface area (Å²) in [5.41, 5.74) is 8.55. The number of pyridine rings is 1. The highest BCUT2D eigenvalue weighted by molar-refractivity contribution is 5.95. The number of carbonyl (C=O) groups is 1. The number of anilines is 1. The summed E-state index contributed by atoms with van der Waals surface area (Å²) in [5, 5.41) is 2.80. The molecule has 0 fully saturated rings. The second-order valence-electron chi connectivity index (χ2n) is 4.73. The summed E-state index contributed by atoms with van der Waals surface area (Å²) in [5.74, 6) is 0.476. The third kappa shape index (κ3) is 3.95. The van der Waals surface area contributed by atoms with Crippen LogP contribution in [0.2, 0.25) is 0 Å². The highest BCUT2D eigenvalue weighted by Crippen LogP contribution is 2.19. The lowest BCUT2D eigenvalue weighted by molar-refractivity contribution is 0.0946. The number of aryl methyl sites for hydroxylation is 2. The van der Waals surface area contributed by atoms with Crippen molar-refractivity contribution in [3.63, 3.8) is 0 Å². The molecule has 1 heterocycles. The molecule has 0 aliphatic rings. The first kappa shape index (κ1) is 14.8. The molecule has 0 aliphatic heterocycles. The fourth-order valence-electron chi connectivity index (χ4n) is 1.96. The lowest BCUT2D eigenvalue weighted by Crippen LogP contribution is -2.29. The van der Waals surface area contributed by atoms with E-state index in [4.69, 9.17) is 10.5 Å². The summed E-state index contributed by atoms with van der Waals surface area (Å²) in [7, 11) is 0. The zero-order chi connectivity index (χ0) is 15.2. The topological polar surface area (TPSA) is 77.2 Å². The van der Waals surface area contributed by atoms with Crippen LogP contribution < -0.4 is 15.8 Å². The maximum absolute atomic E-state index is 12.0. The number of hydrogen-bond donors (Lipinski definition) is 2. The largest absolute Gasteiger partial charge is 0.490 e. The molecular weight excluding hydrogens is 266 g/mol. The number of aromatic nitrogens is 1. The number of nitrogens with two attached hydrogens (primary N) is 1. The van der Waals surface area contributed by atoms with Gasteiger partial charge >= 0.3 is 0 Å². The van der Waals surface area contributed by atoms with Crippen molar-refractivity contribution in [2.45, 2.75) is 13.8 Å². The second kappa shape index (κ2) is 6.74. The summed E-state index contributed by atoms with van der Waals surface area (Å²) in [6.45, 7) is 4.48. The molecule has 0 spiro atoms. The maximum atomic E-state index is 12.0. The molecular formula is C16H19N3O2. The van der Waals surface area contributed by atoms with Crippen LogP contribution in [0.4, 0.5) is 5.69 Å². The third-order valence-corrected chi connectivity index (χ3v) is 3.03. The number of nitrogens with zero attached hydrogens (tertiary/aromatic N) is 1. The smallest absolute Gasteiger partial charge is 0.253 e. The van der Waals surface area contributed by atoms with Crippen molar-refractivity contribution in [1.82, 2.24) is 10.3 Å². The number of carbonyl (C=O) groups excluding carboxylic acids is 1. The molecule has 21 heavy (non-hydrogen) atoms. The van der Waals surface area contributed by atoms with Crippen molar-refractivity contribution in [3.8, 4) is 5.75 Å². The van der Waals surface area contributed by atoms with Gasteiger partial charge in [-0.05, 0) is 38.1 Å². The van der Waals surface area contributed by atoms with Crippen LogP contribution in [0, 0.1) is 13.8 Å². The molecule has 0 saturated carbocycles. The van der Waals surface area contributed by atoms with Gasteiger partial charge in [0.25, 0.3) is 5.91 Å². The molecule has 1 aromatic heterocycles. The van der Waals surface area contributed by atoms with Crippen molar-refractivity contribution in [2.24, 2.45) is 0 Å². The summed E-state index contributed by atoms with van der Waals surface area (Å²) < 4.78 is 5.52. The minimum atomic E-state index is -0.148. The zero-order valence-corrected chi connectivity index (χ0v) is 12.2. The summed E-state index contributed by atoms with van der Waals surface area (Å²) >= 11 is 0. The fourth-order valence-corrected chi connectivity index (χ4v) is 1.96. The first-order valence-electron chi connectivity index (χ1n) is 6.77. The Balaban J connectivity index is 1.83. The van der Waals surface area contributed by atoms with Gasteiger partial charge in [-0.2, -0.15) is 0 Å². The molecule has 1 aromatic carbocycles. The summed E-state index contributed by atoms with van der Waals surface area (Å²) in [6, 6.07) is 10.9. The molecule has 110 valence electrons. The Morgan fingerprint density at radius 3 is 2.71 bits per heavy atom. The Labute approximate surface area is 124 Å². The first-order chi connectivity index (χ1) is 10.1. The van der Waals surface area contributed by atoms with Gasteiger partial charge in [-0.25, -0.2) is 0 Å². The molecule has 5 nitrogen and oxygen atoms in total. The molecule has 5 heteroatoms. The second-order valence-corrected chi connectivity index (χ2v) is 4.73. The van der Waals surface area contributed by atoms with Crippen molar-refractivity contribution < 1.29 is 9.53 Å². The molecule has 2 rings (SSSR count). The van der Waals surface area contributed by atoms with Crippen LogP contribution in [0.3, 0.4) is 0 Å². The SMILES string of the molecule is Cc1ccc(C(=O)NCCOc2ccccc2N)c(C)n1. The molecule has 0 aliphatic carbocycles. The third-order valence-electron chi connectivity index (χ3n) is 3.03. The average Bonchev–Trinajstić information content (AvgIpc) is 2.45. The van der Waals surface area contributed by atoms with E-state index >= 15 is 0 Å². The predicted octanol–water partition coefficient (Wildman–Crippen LogP) is 2.09. The van der Waals surface area contributed by atoms with Crippen molar-refractivity contribution in [3.05, 3.63) is 53.3 Å². The maximum Gasteiger partial charge on any atom is 0.253 e. The quantitative estimate of drug-likeness (QED) is 0.651. The Kier molecular flexibility index (Phi) is 4.77. The molecule has 0 bridgehead atoms. The summed E-state index contributed by atoms with van der Waals surface area (Å²) in [6.07, 6.45) is 0. The van der Waals surface area contributed by atoms with Crippen molar-refractivity contribution in [2.75, 3.05) is 18.9 Å². The minimum Gasteiger partial charge on any atom is -0.490 e. The van der Waals surface area contributed by atoms with E-state index in [1.54, 1.807) is 18.2 Å². The van der Waals surface area contributed by atoms with E-state index in [0.717, 1.165) is 11.4 Å². The molecule has 0 saturated heterocycles. The molecule has 0 atom stereocenters. The van der Waals surface area contributed by atoms with Gasteiger partial charge in [0.1, 0.15) is 12.4 Å². The number of rotatable bonds is 5. The van der Waals surface area contributed by atoms with Crippen molar-refractivity contribution in [1.29, 1.82) is 0 Å². The highest BCUT2D eigenvalue weighted by atomic mass is 16.5. The number of nitrogens with one attached hydrogen (secondary N) is 1. The van der Waals surface area contributed by atoms with Gasteiger partial charge < -0.3 is 15.8 Å². The lowest BCUT2D eigenvalue weighted by atomic mass is 10.2. The van der Waals surface area contributed by atoms with Crippen LogP contribution in [-0.4, -0.2) is 24.0 Å². The lowest BCUT2D eigenvalue weighted by Gasteiger charge is -2.10. The van der Waals surface area contributed by atoms with Gasteiger partial charge in [-0.3, -0.25) is 9.78 Å². The van der Waals surface area contributed by atoms with Crippen LogP contribution in [0.15, 0.2) is 36.4 Å². The monoisotopic (exact) mass is 285 g/mol. The van der Waals surface area contributed by atoms with Crippen molar-refractivity contribution >= 4 is 11.6 Å². The van der Waals surface area contributed by atoms with E-state index in [1.165, 1.54) is 0 Å². The van der Waals surface area contributed by atoms with E-state index < -0.39 is 0 Å². The standard InChI is InChI=1S/C16H19N3O2/c1-11-7-8-13(12(2)19-11)16(20)18-9-10-21-15-6-4-3-5-14(15)17/h3-8H,9-10,17H2,1-2H3,(H,18,20). The van der Waals surface area contributed by atoms with E-state index in [0.29, 0.717) is 30.2 Å².